The first kappa shape index (κ1) is 14.2. The van der Waals surface area contributed by atoms with Crippen LogP contribution in [0.25, 0.3) is 0 Å². The third kappa shape index (κ3) is 3.42. The Morgan fingerprint density at radius 1 is 1.26 bits per heavy atom. The monoisotopic (exact) mass is 324 g/mol. The zero-order chi connectivity index (χ0) is 13.7. The van der Waals surface area contributed by atoms with Gasteiger partial charge in [0.25, 0.3) is 0 Å². The van der Waals surface area contributed by atoms with Crippen molar-refractivity contribution in [1.82, 2.24) is 10.1 Å². The standard InChI is InChI=1S/C14H17BrN2O2/c1-3-11(15)14-16-13(17-19-14)12(18-4-2)10-8-6-5-7-9-10/h5-9,11-12H,3-4H2,1-2H3. The van der Waals surface area contributed by atoms with Gasteiger partial charge in [-0.1, -0.05) is 58.3 Å². The van der Waals surface area contributed by atoms with Gasteiger partial charge in [0.2, 0.25) is 11.7 Å². The fourth-order valence-electron chi connectivity index (χ4n) is 1.77. The van der Waals surface area contributed by atoms with Gasteiger partial charge in [-0.3, -0.25) is 0 Å². The number of rotatable bonds is 6. The number of alkyl halides is 1. The van der Waals surface area contributed by atoms with E-state index in [1.807, 2.05) is 37.3 Å². The predicted octanol–water partition coefficient (Wildman–Crippen LogP) is 4.04. The molecule has 19 heavy (non-hydrogen) atoms. The quantitative estimate of drug-likeness (QED) is 0.752. The van der Waals surface area contributed by atoms with Gasteiger partial charge >= 0.3 is 0 Å². The molecule has 1 aromatic carbocycles. The van der Waals surface area contributed by atoms with Gasteiger partial charge in [-0.05, 0) is 18.9 Å². The summed E-state index contributed by atoms with van der Waals surface area (Å²) in [6.07, 6.45) is 0.618. The summed E-state index contributed by atoms with van der Waals surface area (Å²) in [7, 11) is 0. The Balaban J connectivity index is 2.27. The number of benzene rings is 1. The first-order valence-corrected chi connectivity index (χ1v) is 7.31. The highest BCUT2D eigenvalue weighted by Gasteiger charge is 2.22. The molecule has 0 N–H and O–H groups in total. The van der Waals surface area contributed by atoms with Crippen LogP contribution < -0.4 is 0 Å². The zero-order valence-electron chi connectivity index (χ0n) is 11.0. The number of ether oxygens (including phenoxy) is 1. The minimum absolute atomic E-state index is 0.0896. The van der Waals surface area contributed by atoms with Crippen LogP contribution in [-0.4, -0.2) is 16.7 Å². The SMILES string of the molecule is CCOC(c1ccccc1)c1noc(C(Br)CC)n1. The molecule has 2 unspecified atom stereocenters. The molecule has 2 rings (SSSR count). The molecule has 0 aliphatic carbocycles. The van der Waals surface area contributed by atoms with E-state index in [9.17, 15) is 0 Å². The van der Waals surface area contributed by atoms with E-state index in [1.165, 1.54) is 0 Å². The lowest BCUT2D eigenvalue weighted by molar-refractivity contribution is 0.0833. The van der Waals surface area contributed by atoms with Crippen molar-refractivity contribution in [1.29, 1.82) is 0 Å². The van der Waals surface area contributed by atoms with Gasteiger partial charge in [0.05, 0.1) is 4.83 Å². The van der Waals surface area contributed by atoms with Gasteiger partial charge in [-0.2, -0.15) is 4.98 Å². The van der Waals surface area contributed by atoms with Gasteiger partial charge in [0, 0.05) is 6.61 Å². The highest BCUT2D eigenvalue weighted by atomic mass is 79.9. The van der Waals surface area contributed by atoms with Gasteiger partial charge in [0.15, 0.2) is 0 Å². The van der Waals surface area contributed by atoms with Crippen LogP contribution in [0, 0.1) is 0 Å². The first-order chi connectivity index (χ1) is 9.26. The molecule has 0 spiro atoms. The molecule has 1 heterocycles. The van der Waals surface area contributed by atoms with Crippen LogP contribution >= 0.6 is 15.9 Å². The molecule has 4 nitrogen and oxygen atoms in total. The number of halogens is 1. The minimum atomic E-state index is -0.278. The van der Waals surface area contributed by atoms with Crippen LogP contribution in [0.4, 0.5) is 0 Å². The molecule has 1 aromatic heterocycles. The Hall–Kier alpha value is -1.20. The molecule has 0 bridgehead atoms. The number of nitrogens with zero attached hydrogens (tertiary/aromatic N) is 2. The Bertz CT molecular complexity index is 501. The number of hydrogen-bond acceptors (Lipinski definition) is 4. The molecule has 0 aliphatic heterocycles. The van der Waals surface area contributed by atoms with Crippen molar-refractivity contribution in [3.05, 3.63) is 47.6 Å². The lowest BCUT2D eigenvalue weighted by Crippen LogP contribution is -2.08. The molecule has 0 fully saturated rings. The van der Waals surface area contributed by atoms with Crippen molar-refractivity contribution in [2.24, 2.45) is 0 Å². The molecule has 0 saturated carbocycles. The summed E-state index contributed by atoms with van der Waals surface area (Å²) in [6.45, 7) is 4.60. The summed E-state index contributed by atoms with van der Waals surface area (Å²) in [5, 5.41) is 4.04. The highest BCUT2D eigenvalue weighted by Crippen LogP contribution is 2.28. The molecular weight excluding hydrogens is 308 g/mol. The molecule has 102 valence electrons. The van der Waals surface area contributed by atoms with Crippen LogP contribution in [0.1, 0.15) is 48.5 Å². The molecular formula is C14H17BrN2O2. The fourth-order valence-corrected chi connectivity index (χ4v) is 1.96. The maximum Gasteiger partial charge on any atom is 0.240 e. The molecule has 0 aliphatic rings. The summed E-state index contributed by atoms with van der Waals surface area (Å²) in [6, 6.07) is 9.92. The molecule has 5 heteroatoms. The maximum atomic E-state index is 5.74. The van der Waals surface area contributed by atoms with E-state index in [2.05, 4.69) is 33.0 Å². The van der Waals surface area contributed by atoms with Crippen molar-refractivity contribution in [3.8, 4) is 0 Å². The van der Waals surface area contributed by atoms with Crippen LogP contribution in [-0.2, 0) is 4.74 Å². The number of hydrogen-bond donors (Lipinski definition) is 0. The highest BCUT2D eigenvalue weighted by molar-refractivity contribution is 9.09. The van der Waals surface area contributed by atoms with Crippen LogP contribution in [0.2, 0.25) is 0 Å². The van der Waals surface area contributed by atoms with Crippen LogP contribution in [0.5, 0.6) is 0 Å². The van der Waals surface area contributed by atoms with Crippen molar-refractivity contribution in [3.63, 3.8) is 0 Å². The second-order valence-corrected chi connectivity index (χ2v) is 5.22. The molecule has 2 aromatic rings. The summed E-state index contributed by atoms with van der Waals surface area (Å²) in [4.78, 5) is 4.52. The van der Waals surface area contributed by atoms with Crippen LogP contribution in [0.15, 0.2) is 34.9 Å². The average molecular weight is 325 g/mol. The predicted molar refractivity (Wildman–Crippen MR) is 76.2 cm³/mol. The smallest absolute Gasteiger partial charge is 0.240 e. The van der Waals surface area contributed by atoms with Crippen molar-refractivity contribution in [2.45, 2.75) is 31.2 Å². The van der Waals surface area contributed by atoms with E-state index < -0.39 is 0 Å². The largest absolute Gasteiger partial charge is 0.366 e. The Kier molecular flexibility index (Phi) is 5.10. The third-order valence-electron chi connectivity index (χ3n) is 2.75. The Morgan fingerprint density at radius 3 is 2.63 bits per heavy atom. The number of aromatic nitrogens is 2. The zero-order valence-corrected chi connectivity index (χ0v) is 12.6. The van der Waals surface area contributed by atoms with E-state index in [0.717, 1.165) is 12.0 Å². The lowest BCUT2D eigenvalue weighted by atomic mass is 10.1. The summed E-state index contributed by atoms with van der Waals surface area (Å²) in [5.41, 5.74) is 1.03. The van der Waals surface area contributed by atoms with Crippen molar-refractivity contribution in [2.75, 3.05) is 6.61 Å². The Labute approximate surface area is 121 Å². The maximum absolute atomic E-state index is 5.74. The second-order valence-electron chi connectivity index (χ2n) is 4.11. The Morgan fingerprint density at radius 2 is 2.00 bits per heavy atom. The normalized spacial score (nSPS) is 14.3. The lowest BCUT2D eigenvalue weighted by Gasteiger charge is -2.13. The average Bonchev–Trinajstić information content (AvgIpc) is 2.94. The minimum Gasteiger partial charge on any atom is -0.366 e. The van der Waals surface area contributed by atoms with Gasteiger partial charge < -0.3 is 9.26 Å². The third-order valence-corrected chi connectivity index (χ3v) is 3.79. The van der Waals surface area contributed by atoms with E-state index in [0.29, 0.717) is 18.3 Å². The molecule has 0 amide bonds. The van der Waals surface area contributed by atoms with E-state index >= 15 is 0 Å². The van der Waals surface area contributed by atoms with Gasteiger partial charge in [0.1, 0.15) is 6.10 Å². The second kappa shape index (κ2) is 6.82. The van der Waals surface area contributed by atoms with E-state index in [1.54, 1.807) is 0 Å². The molecule has 0 saturated heterocycles. The van der Waals surface area contributed by atoms with Crippen molar-refractivity contribution >= 4 is 15.9 Å². The topological polar surface area (TPSA) is 48.2 Å². The van der Waals surface area contributed by atoms with E-state index in [-0.39, 0.29) is 10.9 Å². The van der Waals surface area contributed by atoms with Crippen molar-refractivity contribution < 1.29 is 9.26 Å². The summed E-state index contributed by atoms with van der Waals surface area (Å²) in [5.74, 6) is 1.17. The summed E-state index contributed by atoms with van der Waals surface area (Å²) >= 11 is 3.51. The van der Waals surface area contributed by atoms with E-state index in [4.69, 9.17) is 9.26 Å². The van der Waals surface area contributed by atoms with Gasteiger partial charge in [-0.15, -0.1) is 0 Å². The summed E-state index contributed by atoms with van der Waals surface area (Å²) < 4.78 is 11.0. The van der Waals surface area contributed by atoms with Crippen LogP contribution in [0.3, 0.4) is 0 Å². The molecule has 0 radical (unpaired) electrons. The first-order valence-electron chi connectivity index (χ1n) is 6.40. The molecule has 2 atom stereocenters. The van der Waals surface area contributed by atoms with Gasteiger partial charge in [-0.25, -0.2) is 0 Å². The fraction of sp³-hybridized carbons (Fsp3) is 0.429.